The van der Waals surface area contributed by atoms with Gasteiger partial charge in [0.2, 0.25) is 5.91 Å². The van der Waals surface area contributed by atoms with Crippen LogP contribution in [-0.2, 0) is 4.79 Å². The second-order valence-corrected chi connectivity index (χ2v) is 3.83. The van der Waals surface area contributed by atoms with Crippen molar-refractivity contribution < 1.29 is 9.53 Å². The van der Waals surface area contributed by atoms with Gasteiger partial charge in [-0.3, -0.25) is 4.79 Å². The molecule has 0 aliphatic rings. The third-order valence-corrected chi connectivity index (χ3v) is 2.23. The maximum Gasteiger partial charge on any atom is 0.239 e. The summed E-state index contributed by atoms with van der Waals surface area (Å²) >= 11 is 0. The van der Waals surface area contributed by atoms with Crippen molar-refractivity contribution in [3.8, 4) is 5.75 Å². The molecule has 0 aliphatic heterocycles. The highest BCUT2D eigenvalue weighted by Crippen LogP contribution is 2.16. The van der Waals surface area contributed by atoms with Gasteiger partial charge in [0.05, 0.1) is 6.54 Å². The fraction of sp³-hybridized carbons (Fsp3) is 0.357. The Balaban J connectivity index is 2.41. The Morgan fingerprint density at radius 1 is 1.50 bits per heavy atom. The summed E-state index contributed by atoms with van der Waals surface area (Å²) in [4.78, 5) is 11.4. The minimum atomic E-state index is -0.00531. The monoisotopic (exact) mass is 248 g/mol. The zero-order valence-corrected chi connectivity index (χ0v) is 10.7. The van der Waals surface area contributed by atoms with Gasteiger partial charge in [-0.2, -0.15) is 0 Å². The van der Waals surface area contributed by atoms with Gasteiger partial charge in [-0.25, -0.2) is 0 Å². The molecule has 98 valence electrons. The first-order chi connectivity index (χ1) is 8.76. The molecule has 1 rings (SSSR count). The fourth-order valence-corrected chi connectivity index (χ4v) is 1.36. The third kappa shape index (κ3) is 5.39. The number of hydrogen-bond acceptors (Lipinski definition) is 3. The summed E-state index contributed by atoms with van der Waals surface area (Å²) in [6.07, 6.45) is 2.63. The van der Waals surface area contributed by atoms with Crippen LogP contribution < -0.4 is 15.4 Å². The predicted octanol–water partition coefficient (Wildman–Crippen LogP) is 2.19. The molecule has 0 saturated heterocycles. The molecule has 1 amide bonds. The van der Waals surface area contributed by atoms with Crippen LogP contribution in [0, 0.1) is 0 Å². The number of ether oxygens (including phenoxy) is 1. The van der Waals surface area contributed by atoms with Crippen LogP contribution in [0.4, 0.5) is 5.69 Å². The Labute approximate surface area is 108 Å². The van der Waals surface area contributed by atoms with Crippen LogP contribution >= 0.6 is 0 Å². The molecule has 2 N–H and O–H groups in total. The number of carbonyl (C=O) groups excluding carboxylic acids is 1. The van der Waals surface area contributed by atoms with E-state index in [-0.39, 0.29) is 12.5 Å². The lowest BCUT2D eigenvalue weighted by Crippen LogP contribution is -2.30. The molecule has 4 nitrogen and oxygen atoms in total. The molecule has 18 heavy (non-hydrogen) atoms. The van der Waals surface area contributed by atoms with Gasteiger partial charge < -0.3 is 15.4 Å². The largest absolute Gasteiger partial charge is 0.489 e. The maximum atomic E-state index is 11.4. The Bertz CT molecular complexity index is 391. The number of amides is 1. The van der Waals surface area contributed by atoms with Crippen LogP contribution in [0.15, 0.2) is 36.9 Å². The molecule has 0 unspecified atom stereocenters. The molecule has 0 saturated carbocycles. The van der Waals surface area contributed by atoms with Crippen molar-refractivity contribution >= 4 is 11.6 Å². The molecule has 0 heterocycles. The number of anilines is 1. The Kier molecular flexibility index (Phi) is 6.40. The summed E-state index contributed by atoms with van der Waals surface area (Å²) in [5.41, 5.74) is 0.864. The van der Waals surface area contributed by atoms with E-state index >= 15 is 0 Å². The first-order valence-corrected chi connectivity index (χ1v) is 6.10. The summed E-state index contributed by atoms with van der Waals surface area (Å²) in [6.45, 7) is 7.07. The molecule has 0 bridgehead atoms. The Morgan fingerprint density at radius 2 is 2.33 bits per heavy atom. The van der Waals surface area contributed by atoms with Crippen molar-refractivity contribution in [2.24, 2.45) is 0 Å². The van der Waals surface area contributed by atoms with Crippen molar-refractivity contribution in [3.05, 3.63) is 36.9 Å². The van der Waals surface area contributed by atoms with E-state index in [2.05, 4.69) is 17.2 Å². The van der Waals surface area contributed by atoms with Crippen molar-refractivity contribution in [2.45, 2.75) is 13.3 Å². The number of hydrogen-bond donors (Lipinski definition) is 2. The van der Waals surface area contributed by atoms with Crippen molar-refractivity contribution in [1.82, 2.24) is 5.32 Å². The van der Waals surface area contributed by atoms with E-state index in [9.17, 15) is 4.79 Å². The van der Waals surface area contributed by atoms with Crippen molar-refractivity contribution in [1.29, 1.82) is 0 Å². The lowest BCUT2D eigenvalue weighted by atomic mass is 10.3. The number of nitrogens with one attached hydrogen (secondary N) is 2. The Hall–Kier alpha value is -1.97. The summed E-state index contributed by atoms with van der Waals surface area (Å²) in [6, 6.07) is 7.50. The van der Waals surface area contributed by atoms with Crippen LogP contribution in [0.3, 0.4) is 0 Å². The second kappa shape index (κ2) is 8.17. The summed E-state index contributed by atoms with van der Waals surface area (Å²) in [5.74, 6) is 0.753. The van der Waals surface area contributed by atoms with Gasteiger partial charge >= 0.3 is 0 Å². The number of carbonyl (C=O) groups is 1. The Morgan fingerprint density at radius 3 is 3.06 bits per heavy atom. The smallest absolute Gasteiger partial charge is 0.239 e. The first-order valence-electron chi connectivity index (χ1n) is 6.10. The summed E-state index contributed by atoms with van der Waals surface area (Å²) in [5, 5.41) is 5.86. The minimum Gasteiger partial charge on any atom is -0.489 e. The first kappa shape index (κ1) is 14.1. The van der Waals surface area contributed by atoms with Gasteiger partial charge in [0, 0.05) is 18.3 Å². The molecular formula is C14H20N2O2. The molecule has 0 aromatic heterocycles. The second-order valence-electron chi connectivity index (χ2n) is 3.83. The van der Waals surface area contributed by atoms with E-state index in [1.165, 1.54) is 0 Å². The van der Waals surface area contributed by atoms with Crippen LogP contribution in [0.1, 0.15) is 13.3 Å². The quantitative estimate of drug-likeness (QED) is 0.693. The van der Waals surface area contributed by atoms with E-state index in [0.717, 1.165) is 17.9 Å². The molecule has 1 aromatic carbocycles. The number of rotatable bonds is 8. The van der Waals surface area contributed by atoms with Gasteiger partial charge in [0.25, 0.3) is 0 Å². The summed E-state index contributed by atoms with van der Waals surface area (Å²) < 4.78 is 5.41. The third-order valence-electron chi connectivity index (χ3n) is 2.23. The highest BCUT2D eigenvalue weighted by Gasteiger charge is 2.00. The van der Waals surface area contributed by atoms with Crippen molar-refractivity contribution in [2.75, 3.05) is 25.0 Å². The van der Waals surface area contributed by atoms with Crippen LogP contribution in [-0.4, -0.2) is 25.6 Å². The molecule has 0 spiro atoms. The maximum absolute atomic E-state index is 11.4. The molecule has 0 radical (unpaired) electrons. The van der Waals surface area contributed by atoms with Gasteiger partial charge in [-0.05, 0) is 18.6 Å². The van der Waals surface area contributed by atoms with Crippen molar-refractivity contribution in [3.63, 3.8) is 0 Å². The highest BCUT2D eigenvalue weighted by atomic mass is 16.5. The standard InChI is InChI=1S/C14H20N2O2/c1-3-8-15-14(17)11-16-12-6-5-7-13(10-12)18-9-4-2/h4-7,10,16H,2-3,8-9,11H2,1H3,(H,15,17). The average molecular weight is 248 g/mol. The fourth-order valence-electron chi connectivity index (χ4n) is 1.36. The van der Waals surface area contributed by atoms with Crippen LogP contribution in [0.5, 0.6) is 5.75 Å². The lowest BCUT2D eigenvalue weighted by molar-refractivity contribution is -0.119. The predicted molar refractivity (Wildman–Crippen MR) is 73.9 cm³/mol. The van der Waals surface area contributed by atoms with Crippen LogP contribution in [0.25, 0.3) is 0 Å². The molecule has 0 fully saturated rings. The zero-order chi connectivity index (χ0) is 13.2. The zero-order valence-electron chi connectivity index (χ0n) is 10.7. The van der Waals surface area contributed by atoms with Gasteiger partial charge in [-0.1, -0.05) is 25.6 Å². The van der Waals surface area contributed by atoms with Crippen LogP contribution in [0.2, 0.25) is 0 Å². The summed E-state index contributed by atoms with van der Waals surface area (Å²) in [7, 11) is 0. The minimum absolute atomic E-state index is 0.00531. The molecule has 0 aliphatic carbocycles. The number of benzene rings is 1. The van der Waals surface area contributed by atoms with Gasteiger partial charge in [-0.15, -0.1) is 0 Å². The molecule has 4 heteroatoms. The van der Waals surface area contributed by atoms with E-state index in [0.29, 0.717) is 13.2 Å². The molecular weight excluding hydrogens is 228 g/mol. The highest BCUT2D eigenvalue weighted by molar-refractivity contribution is 5.80. The molecule has 1 aromatic rings. The van der Waals surface area contributed by atoms with Gasteiger partial charge in [0.1, 0.15) is 12.4 Å². The normalized spacial score (nSPS) is 9.61. The van der Waals surface area contributed by atoms with Gasteiger partial charge in [0.15, 0.2) is 0 Å². The van der Waals surface area contributed by atoms with E-state index in [1.807, 2.05) is 31.2 Å². The molecule has 0 atom stereocenters. The lowest BCUT2D eigenvalue weighted by Gasteiger charge is -2.09. The SMILES string of the molecule is C=CCOc1cccc(NCC(=O)NCCC)c1. The average Bonchev–Trinajstić information content (AvgIpc) is 2.41. The van der Waals surface area contributed by atoms with E-state index in [1.54, 1.807) is 6.08 Å². The van der Waals surface area contributed by atoms with E-state index in [4.69, 9.17) is 4.74 Å². The topological polar surface area (TPSA) is 50.4 Å². The van der Waals surface area contributed by atoms with E-state index < -0.39 is 0 Å².